The van der Waals surface area contributed by atoms with Crippen LogP contribution >= 0.6 is 0 Å². The number of aromatic nitrogens is 1. The van der Waals surface area contributed by atoms with Gasteiger partial charge in [-0.2, -0.15) is 0 Å². The Morgan fingerprint density at radius 2 is 2.04 bits per heavy atom. The van der Waals surface area contributed by atoms with Gasteiger partial charge in [0.2, 0.25) is 5.75 Å². The van der Waals surface area contributed by atoms with E-state index in [1.807, 2.05) is 26.8 Å². The lowest BCUT2D eigenvalue weighted by molar-refractivity contribution is 0.329. The number of phenols is 1. The van der Waals surface area contributed by atoms with Crippen LogP contribution in [0.1, 0.15) is 33.6 Å². The fourth-order valence-electron chi connectivity index (χ4n) is 2.36. The number of phenolic OH excluding ortho intramolecular Hbond substituents is 1. The summed E-state index contributed by atoms with van der Waals surface area (Å²) in [6.45, 7) is 6.65. The van der Waals surface area contributed by atoms with Crippen molar-refractivity contribution in [1.29, 1.82) is 0 Å². The van der Waals surface area contributed by atoms with E-state index in [9.17, 15) is 15.0 Å². The SMILES string of the molecule is CCCCn1c(=O)c(OCC=C(C)C)c(O)c2ccc(O)cc21. The third-order valence-electron chi connectivity index (χ3n) is 3.64. The Morgan fingerprint density at radius 1 is 1.30 bits per heavy atom. The van der Waals surface area contributed by atoms with Crippen LogP contribution < -0.4 is 10.3 Å². The smallest absolute Gasteiger partial charge is 0.297 e. The van der Waals surface area contributed by atoms with Crippen molar-refractivity contribution in [2.75, 3.05) is 6.61 Å². The molecule has 1 aromatic heterocycles. The molecule has 0 unspecified atom stereocenters. The molecule has 0 amide bonds. The maximum absolute atomic E-state index is 12.7. The molecule has 5 nitrogen and oxygen atoms in total. The lowest BCUT2D eigenvalue weighted by atomic mass is 10.1. The number of aromatic hydroxyl groups is 2. The number of nitrogens with zero attached hydrogens (tertiary/aromatic N) is 1. The highest BCUT2D eigenvalue weighted by atomic mass is 16.5. The highest BCUT2D eigenvalue weighted by molar-refractivity contribution is 5.88. The van der Waals surface area contributed by atoms with E-state index in [-0.39, 0.29) is 29.4 Å². The molecule has 2 rings (SSSR count). The van der Waals surface area contributed by atoms with Crippen LogP contribution in [0.2, 0.25) is 0 Å². The van der Waals surface area contributed by atoms with Crippen LogP contribution in [-0.2, 0) is 6.54 Å². The quantitative estimate of drug-likeness (QED) is 0.799. The summed E-state index contributed by atoms with van der Waals surface area (Å²) in [4.78, 5) is 12.7. The van der Waals surface area contributed by atoms with E-state index in [2.05, 4.69) is 0 Å². The molecule has 0 aliphatic rings. The van der Waals surface area contributed by atoms with E-state index in [1.165, 1.54) is 12.1 Å². The summed E-state index contributed by atoms with van der Waals surface area (Å²) in [5.74, 6) is -0.170. The normalized spacial score (nSPS) is 10.7. The average Bonchev–Trinajstić information content (AvgIpc) is 2.50. The molecule has 0 saturated heterocycles. The van der Waals surface area contributed by atoms with E-state index < -0.39 is 0 Å². The van der Waals surface area contributed by atoms with Gasteiger partial charge in [-0.05, 0) is 38.5 Å². The van der Waals surface area contributed by atoms with E-state index in [1.54, 1.807) is 10.6 Å². The van der Waals surface area contributed by atoms with Gasteiger partial charge in [-0.1, -0.05) is 18.9 Å². The van der Waals surface area contributed by atoms with Crippen molar-refractivity contribution in [3.8, 4) is 17.2 Å². The molecular weight excluding hydrogens is 294 g/mol. The lowest BCUT2D eigenvalue weighted by Gasteiger charge is -2.15. The molecule has 124 valence electrons. The van der Waals surface area contributed by atoms with Crippen LogP contribution in [0.15, 0.2) is 34.6 Å². The largest absolute Gasteiger partial charge is 0.508 e. The number of hydrogen-bond donors (Lipinski definition) is 2. The third-order valence-corrected chi connectivity index (χ3v) is 3.64. The van der Waals surface area contributed by atoms with Crippen molar-refractivity contribution in [1.82, 2.24) is 4.57 Å². The topological polar surface area (TPSA) is 71.7 Å². The number of rotatable bonds is 6. The first kappa shape index (κ1) is 16.9. The molecular formula is C18H23NO4. The molecule has 0 fully saturated rings. The monoisotopic (exact) mass is 317 g/mol. The third kappa shape index (κ3) is 3.67. The van der Waals surface area contributed by atoms with Crippen LogP contribution in [0.3, 0.4) is 0 Å². The lowest BCUT2D eigenvalue weighted by Crippen LogP contribution is -2.23. The van der Waals surface area contributed by atoms with Gasteiger partial charge in [0.25, 0.3) is 5.56 Å². The zero-order valence-corrected chi connectivity index (χ0v) is 13.8. The molecule has 2 aromatic rings. The van der Waals surface area contributed by atoms with Gasteiger partial charge in [-0.3, -0.25) is 4.79 Å². The Bertz CT molecular complexity index is 786. The Hall–Kier alpha value is -2.43. The van der Waals surface area contributed by atoms with Crippen LogP contribution in [0.4, 0.5) is 0 Å². The number of unbranched alkanes of at least 4 members (excludes halogenated alkanes) is 1. The Labute approximate surface area is 135 Å². The van der Waals surface area contributed by atoms with Crippen LogP contribution in [0.5, 0.6) is 17.2 Å². The second-order valence-electron chi connectivity index (χ2n) is 5.78. The van der Waals surface area contributed by atoms with Gasteiger partial charge in [-0.25, -0.2) is 0 Å². The molecule has 0 aliphatic carbocycles. The van der Waals surface area contributed by atoms with Crippen LogP contribution in [0, 0.1) is 0 Å². The molecule has 0 spiro atoms. The number of aryl methyl sites for hydroxylation is 1. The average molecular weight is 317 g/mol. The zero-order valence-electron chi connectivity index (χ0n) is 13.8. The number of benzene rings is 1. The van der Waals surface area contributed by atoms with Gasteiger partial charge < -0.3 is 19.5 Å². The minimum atomic E-state index is -0.379. The first-order valence-corrected chi connectivity index (χ1v) is 7.80. The Balaban J connectivity index is 2.61. The van der Waals surface area contributed by atoms with Crippen molar-refractivity contribution in [3.05, 3.63) is 40.2 Å². The molecule has 0 aliphatic heterocycles. The van der Waals surface area contributed by atoms with Gasteiger partial charge in [0.1, 0.15) is 12.4 Å². The first-order valence-electron chi connectivity index (χ1n) is 7.80. The van der Waals surface area contributed by atoms with Crippen molar-refractivity contribution in [2.24, 2.45) is 0 Å². The van der Waals surface area contributed by atoms with Gasteiger partial charge in [-0.15, -0.1) is 0 Å². The highest BCUT2D eigenvalue weighted by Gasteiger charge is 2.17. The minimum Gasteiger partial charge on any atom is -0.508 e. The van der Waals surface area contributed by atoms with E-state index >= 15 is 0 Å². The van der Waals surface area contributed by atoms with Crippen molar-refractivity contribution in [3.63, 3.8) is 0 Å². The summed E-state index contributed by atoms with van der Waals surface area (Å²) in [5.41, 5.74) is 1.20. The predicted octanol–water partition coefficient (Wildman–Crippen LogP) is 3.56. The van der Waals surface area contributed by atoms with Gasteiger partial charge in [0.15, 0.2) is 5.75 Å². The standard InChI is InChI=1S/C18H23NO4/c1-4-5-9-19-15-11-13(20)6-7-14(15)16(21)17(18(19)22)23-10-8-12(2)3/h6-8,11,20-21H,4-5,9-10H2,1-3H3. The predicted molar refractivity (Wildman–Crippen MR) is 91.4 cm³/mol. The van der Waals surface area contributed by atoms with Crippen molar-refractivity contribution in [2.45, 2.75) is 40.2 Å². The summed E-state index contributed by atoms with van der Waals surface area (Å²) in [7, 11) is 0. The number of fused-ring (bicyclic) bond motifs is 1. The Kier molecular flexibility index (Phi) is 5.32. The zero-order chi connectivity index (χ0) is 17.0. The summed E-state index contributed by atoms with van der Waals surface area (Å²) < 4.78 is 7.07. The van der Waals surface area contributed by atoms with Gasteiger partial charge >= 0.3 is 0 Å². The molecule has 0 atom stereocenters. The van der Waals surface area contributed by atoms with E-state index in [0.29, 0.717) is 17.4 Å². The number of pyridine rings is 1. The summed E-state index contributed by atoms with van der Waals surface area (Å²) >= 11 is 0. The van der Waals surface area contributed by atoms with E-state index in [4.69, 9.17) is 4.74 Å². The van der Waals surface area contributed by atoms with Crippen molar-refractivity contribution < 1.29 is 14.9 Å². The molecule has 0 radical (unpaired) electrons. The van der Waals surface area contributed by atoms with Gasteiger partial charge in [0.05, 0.1) is 5.52 Å². The maximum Gasteiger partial charge on any atom is 0.297 e. The molecule has 2 N–H and O–H groups in total. The number of allylic oxidation sites excluding steroid dienone is 1. The van der Waals surface area contributed by atoms with Crippen molar-refractivity contribution >= 4 is 10.9 Å². The van der Waals surface area contributed by atoms with Crippen LogP contribution in [-0.4, -0.2) is 21.4 Å². The fourth-order valence-corrected chi connectivity index (χ4v) is 2.36. The first-order chi connectivity index (χ1) is 11.0. The summed E-state index contributed by atoms with van der Waals surface area (Å²) in [6.07, 6.45) is 3.60. The summed E-state index contributed by atoms with van der Waals surface area (Å²) in [6, 6.07) is 4.57. The number of ether oxygens (including phenoxy) is 1. The molecule has 0 bridgehead atoms. The highest BCUT2D eigenvalue weighted by Crippen LogP contribution is 2.33. The van der Waals surface area contributed by atoms with Crippen LogP contribution in [0.25, 0.3) is 10.9 Å². The maximum atomic E-state index is 12.7. The second-order valence-corrected chi connectivity index (χ2v) is 5.78. The molecule has 0 saturated carbocycles. The molecule has 1 aromatic carbocycles. The van der Waals surface area contributed by atoms with E-state index in [0.717, 1.165) is 18.4 Å². The molecule has 5 heteroatoms. The summed E-state index contributed by atoms with van der Waals surface area (Å²) in [5, 5.41) is 20.6. The molecule has 1 heterocycles. The Morgan fingerprint density at radius 3 is 2.70 bits per heavy atom. The fraction of sp³-hybridized carbons (Fsp3) is 0.389. The number of hydrogen-bond acceptors (Lipinski definition) is 4. The van der Waals surface area contributed by atoms with Gasteiger partial charge in [0, 0.05) is 18.0 Å². The molecule has 23 heavy (non-hydrogen) atoms. The second kappa shape index (κ2) is 7.22. The minimum absolute atomic E-state index is 0.0446.